The topological polar surface area (TPSA) is 113 Å². The Morgan fingerprint density at radius 3 is 2.47 bits per heavy atom. The maximum absolute atomic E-state index is 12.8. The zero-order valence-corrected chi connectivity index (χ0v) is 21.2. The molecule has 0 aromatic rings. The number of fused-ring (bicyclic) bond motifs is 3. The lowest BCUT2D eigenvalue weighted by Gasteiger charge is -2.52. The molecule has 1 spiro atoms. The van der Waals surface area contributed by atoms with Crippen molar-refractivity contribution in [1.29, 1.82) is 0 Å². The second-order valence-electron chi connectivity index (χ2n) is 11.4. The Hall–Kier alpha value is -1.96. The average molecular weight is 475 g/mol. The van der Waals surface area contributed by atoms with Crippen molar-refractivity contribution >= 4 is 11.9 Å². The van der Waals surface area contributed by atoms with Crippen LogP contribution in [0.4, 0.5) is 0 Å². The van der Waals surface area contributed by atoms with Crippen molar-refractivity contribution in [1.82, 2.24) is 0 Å². The van der Waals surface area contributed by atoms with E-state index in [2.05, 4.69) is 13.8 Å². The van der Waals surface area contributed by atoms with Gasteiger partial charge in [-0.3, -0.25) is 4.79 Å². The van der Waals surface area contributed by atoms with Crippen molar-refractivity contribution in [2.45, 2.75) is 78.8 Å². The minimum atomic E-state index is -2.03. The number of ether oxygens (including phenoxy) is 2. The lowest BCUT2D eigenvalue weighted by molar-refractivity contribution is -0.223. The minimum absolute atomic E-state index is 0.00420. The van der Waals surface area contributed by atoms with E-state index >= 15 is 0 Å². The van der Waals surface area contributed by atoms with Crippen LogP contribution in [0.1, 0.15) is 54.9 Å². The van der Waals surface area contributed by atoms with Gasteiger partial charge in [0.1, 0.15) is 18.3 Å². The molecule has 4 aliphatic carbocycles. The molecule has 9 unspecified atom stereocenters. The van der Waals surface area contributed by atoms with Crippen LogP contribution < -0.4 is 0 Å². The van der Waals surface area contributed by atoms with Crippen molar-refractivity contribution in [2.24, 2.45) is 34.5 Å². The first kappa shape index (κ1) is 25.1. The van der Waals surface area contributed by atoms with E-state index < -0.39 is 41.3 Å². The Labute approximate surface area is 201 Å². The number of aliphatic hydroxyl groups excluding tert-OH is 2. The van der Waals surface area contributed by atoms with Gasteiger partial charge in [0, 0.05) is 18.4 Å². The predicted octanol–water partition coefficient (Wildman–Crippen LogP) is 2.69. The first-order chi connectivity index (χ1) is 15.7. The molecule has 2 bridgehead atoms. The highest BCUT2D eigenvalue weighted by atomic mass is 16.6. The molecule has 0 aromatic heterocycles. The number of aliphatic hydroxyl groups is 3. The Balaban J connectivity index is 1.89. The molecular weight excluding hydrogens is 436 g/mol. The molecule has 0 aliphatic heterocycles. The first-order valence-electron chi connectivity index (χ1n) is 12.2. The van der Waals surface area contributed by atoms with E-state index in [1.165, 1.54) is 6.92 Å². The Kier molecular flexibility index (Phi) is 5.94. The van der Waals surface area contributed by atoms with Gasteiger partial charge in [0.25, 0.3) is 0 Å². The highest BCUT2D eigenvalue weighted by Gasteiger charge is 2.76. The third-order valence-corrected chi connectivity index (χ3v) is 9.40. The summed E-state index contributed by atoms with van der Waals surface area (Å²) < 4.78 is 11.1. The number of carbonyl (C=O) groups is 2. The SMILES string of the molecule is CC=C(C)C(=O)OC1C(C)=CC23C(C)CC4C(C(C=C(COC(C)=O)C(O)C12O)C3O)C4(C)C. The number of hydrogen-bond acceptors (Lipinski definition) is 7. The van der Waals surface area contributed by atoms with E-state index in [0.717, 1.165) is 6.42 Å². The van der Waals surface area contributed by atoms with Gasteiger partial charge < -0.3 is 24.8 Å². The third-order valence-electron chi connectivity index (χ3n) is 9.40. The van der Waals surface area contributed by atoms with Crippen LogP contribution in [0.5, 0.6) is 0 Å². The van der Waals surface area contributed by atoms with Crippen molar-refractivity contribution in [3.05, 3.63) is 34.9 Å². The Morgan fingerprint density at radius 1 is 1.24 bits per heavy atom. The van der Waals surface area contributed by atoms with Crippen LogP contribution in [-0.2, 0) is 19.1 Å². The standard InChI is InChI=1S/C27H38O7/c1-8-13(2)24(31)34-23-14(3)11-26-15(4)9-19-20(25(19,6)7)18(22(26)30)10-17(12-33-16(5)28)21(29)27(23,26)32/h8,10-11,15,18-23,29-30,32H,9,12H2,1-7H3. The molecular formula is C27H38O7. The predicted molar refractivity (Wildman–Crippen MR) is 125 cm³/mol. The van der Waals surface area contributed by atoms with E-state index in [9.17, 15) is 24.9 Å². The van der Waals surface area contributed by atoms with Crippen LogP contribution in [0.2, 0.25) is 0 Å². The highest BCUT2D eigenvalue weighted by Crippen LogP contribution is 2.72. The van der Waals surface area contributed by atoms with Crippen molar-refractivity contribution in [2.75, 3.05) is 6.61 Å². The molecule has 0 amide bonds. The molecule has 7 nitrogen and oxygen atoms in total. The molecule has 0 aromatic carbocycles. The lowest BCUT2D eigenvalue weighted by Crippen LogP contribution is -2.67. The minimum Gasteiger partial charge on any atom is -0.461 e. The number of carbonyl (C=O) groups excluding carboxylic acids is 2. The van der Waals surface area contributed by atoms with Crippen LogP contribution >= 0.6 is 0 Å². The largest absolute Gasteiger partial charge is 0.461 e. The molecule has 0 heterocycles. The van der Waals surface area contributed by atoms with Crippen molar-refractivity contribution in [3.8, 4) is 0 Å². The zero-order chi connectivity index (χ0) is 25.4. The fourth-order valence-electron chi connectivity index (χ4n) is 7.39. The maximum atomic E-state index is 12.8. The van der Waals surface area contributed by atoms with Crippen LogP contribution in [0.3, 0.4) is 0 Å². The van der Waals surface area contributed by atoms with Gasteiger partial charge in [-0.05, 0) is 61.5 Å². The second-order valence-corrected chi connectivity index (χ2v) is 11.4. The second kappa shape index (κ2) is 8.04. The monoisotopic (exact) mass is 474 g/mol. The van der Waals surface area contributed by atoms with Crippen LogP contribution in [0.25, 0.3) is 0 Å². The normalized spacial score (nSPS) is 44.5. The van der Waals surface area contributed by atoms with E-state index in [0.29, 0.717) is 22.6 Å². The quantitative estimate of drug-likeness (QED) is 0.326. The molecule has 34 heavy (non-hydrogen) atoms. The zero-order valence-electron chi connectivity index (χ0n) is 21.2. The van der Waals surface area contributed by atoms with E-state index in [1.807, 2.05) is 13.0 Å². The average Bonchev–Trinajstić information content (AvgIpc) is 3.26. The molecule has 2 saturated carbocycles. The molecule has 0 saturated heterocycles. The van der Waals surface area contributed by atoms with Crippen LogP contribution in [0.15, 0.2) is 34.9 Å². The Bertz CT molecular complexity index is 991. The summed E-state index contributed by atoms with van der Waals surface area (Å²) >= 11 is 0. The summed E-state index contributed by atoms with van der Waals surface area (Å²) in [6.45, 7) is 12.6. The van der Waals surface area contributed by atoms with Crippen molar-refractivity contribution < 1.29 is 34.4 Å². The first-order valence-corrected chi connectivity index (χ1v) is 12.2. The summed E-state index contributed by atoms with van der Waals surface area (Å²) in [6.07, 6.45) is 2.34. The summed E-state index contributed by atoms with van der Waals surface area (Å²) in [7, 11) is 0. The molecule has 4 aliphatic rings. The molecule has 0 radical (unpaired) electrons. The summed E-state index contributed by atoms with van der Waals surface area (Å²) in [6, 6.07) is 0. The maximum Gasteiger partial charge on any atom is 0.334 e. The van der Waals surface area contributed by atoms with Crippen molar-refractivity contribution in [3.63, 3.8) is 0 Å². The number of allylic oxidation sites excluding steroid dienone is 1. The molecule has 7 heteroatoms. The number of esters is 2. The van der Waals surface area contributed by atoms with E-state index in [4.69, 9.17) is 9.47 Å². The highest BCUT2D eigenvalue weighted by molar-refractivity contribution is 5.88. The van der Waals surface area contributed by atoms with Gasteiger partial charge in [-0.25, -0.2) is 4.79 Å². The van der Waals surface area contributed by atoms with Gasteiger partial charge >= 0.3 is 11.9 Å². The smallest absolute Gasteiger partial charge is 0.334 e. The van der Waals surface area contributed by atoms with E-state index in [-0.39, 0.29) is 29.8 Å². The van der Waals surface area contributed by atoms with Gasteiger partial charge in [-0.1, -0.05) is 39.0 Å². The summed E-state index contributed by atoms with van der Waals surface area (Å²) in [5.74, 6) is -1.16. The third kappa shape index (κ3) is 3.20. The fraction of sp³-hybridized carbons (Fsp3) is 0.704. The van der Waals surface area contributed by atoms with E-state index in [1.54, 1.807) is 32.9 Å². The number of hydrogen-bond donors (Lipinski definition) is 3. The van der Waals surface area contributed by atoms with Crippen LogP contribution in [-0.4, -0.2) is 57.8 Å². The summed E-state index contributed by atoms with van der Waals surface area (Å²) in [5, 5.41) is 36.2. The van der Waals surface area contributed by atoms with Gasteiger partial charge in [-0.2, -0.15) is 0 Å². The fourth-order valence-corrected chi connectivity index (χ4v) is 7.39. The van der Waals surface area contributed by atoms with Gasteiger partial charge in [-0.15, -0.1) is 0 Å². The van der Waals surface area contributed by atoms with Gasteiger partial charge in [0.15, 0.2) is 6.10 Å². The lowest BCUT2D eigenvalue weighted by atomic mass is 9.58. The number of rotatable bonds is 4. The van der Waals surface area contributed by atoms with Gasteiger partial charge in [0.2, 0.25) is 0 Å². The van der Waals surface area contributed by atoms with Gasteiger partial charge in [0.05, 0.1) is 11.5 Å². The summed E-state index contributed by atoms with van der Waals surface area (Å²) in [5.41, 5.74) is -1.97. The molecule has 4 rings (SSSR count). The molecule has 9 atom stereocenters. The molecule has 188 valence electrons. The Morgan fingerprint density at radius 2 is 1.88 bits per heavy atom. The van der Waals surface area contributed by atoms with Crippen LogP contribution in [0, 0.1) is 34.5 Å². The summed E-state index contributed by atoms with van der Waals surface area (Å²) in [4.78, 5) is 24.4. The molecule has 2 fully saturated rings. The molecule has 3 N–H and O–H groups in total.